The number of hydrogen-bond donors (Lipinski definition) is 2. The van der Waals surface area contributed by atoms with E-state index in [9.17, 15) is 4.79 Å². The van der Waals surface area contributed by atoms with E-state index in [1.807, 2.05) is 0 Å². The predicted molar refractivity (Wildman–Crippen MR) is 68.6 cm³/mol. The van der Waals surface area contributed by atoms with E-state index in [4.69, 9.17) is 26.6 Å². The Kier molecular flexibility index (Phi) is 3.99. The van der Waals surface area contributed by atoms with E-state index >= 15 is 0 Å². The number of carboxylic acid groups (broad SMARTS) is 1. The topological polar surface area (TPSA) is 79.7 Å². The number of ether oxygens (including phenoxy) is 1. The summed E-state index contributed by atoms with van der Waals surface area (Å²) in [6.07, 6.45) is 0. The molecule has 1 aromatic carbocycles. The monoisotopic (exact) mass is 279 g/mol. The summed E-state index contributed by atoms with van der Waals surface area (Å²) in [6, 6.07) is 9.26. The number of aliphatic hydroxyl groups is 1. The number of aromatic carboxylic acids is 1. The fourth-order valence-electron chi connectivity index (χ4n) is 1.48. The van der Waals surface area contributed by atoms with Gasteiger partial charge in [-0.2, -0.15) is 0 Å². The lowest BCUT2D eigenvalue weighted by Gasteiger charge is -2.07. The van der Waals surface area contributed by atoms with Crippen molar-refractivity contribution in [2.45, 2.75) is 6.61 Å². The molecule has 0 saturated carbocycles. The third kappa shape index (κ3) is 3.43. The van der Waals surface area contributed by atoms with Gasteiger partial charge < -0.3 is 14.9 Å². The number of nitrogens with zero attached hydrogens (tertiary/aromatic N) is 1. The molecule has 2 N–H and O–H groups in total. The van der Waals surface area contributed by atoms with E-state index in [2.05, 4.69) is 4.98 Å². The molecule has 0 fully saturated rings. The molecule has 1 aromatic heterocycles. The minimum Gasteiger partial charge on any atom is -0.478 e. The fraction of sp³-hybridized carbons (Fsp3) is 0.0769. The molecule has 19 heavy (non-hydrogen) atoms. The quantitative estimate of drug-likeness (QED) is 0.841. The lowest BCUT2D eigenvalue weighted by Crippen LogP contribution is -1.98. The lowest BCUT2D eigenvalue weighted by atomic mass is 10.2. The summed E-state index contributed by atoms with van der Waals surface area (Å²) in [4.78, 5) is 14.8. The fourth-order valence-corrected chi connectivity index (χ4v) is 1.68. The van der Waals surface area contributed by atoms with E-state index in [1.54, 1.807) is 24.3 Å². The highest BCUT2D eigenvalue weighted by Crippen LogP contribution is 2.23. The summed E-state index contributed by atoms with van der Waals surface area (Å²) in [5, 5.41) is 18.0. The van der Waals surface area contributed by atoms with Gasteiger partial charge >= 0.3 is 5.97 Å². The van der Waals surface area contributed by atoms with Crippen molar-refractivity contribution in [2.24, 2.45) is 0 Å². The van der Waals surface area contributed by atoms with Crippen molar-refractivity contribution in [3.63, 3.8) is 0 Å². The summed E-state index contributed by atoms with van der Waals surface area (Å²) in [7, 11) is 0. The zero-order valence-corrected chi connectivity index (χ0v) is 10.5. The summed E-state index contributed by atoms with van der Waals surface area (Å²) < 4.78 is 5.42. The number of carbonyl (C=O) groups is 1. The van der Waals surface area contributed by atoms with E-state index in [0.717, 1.165) is 0 Å². The molecule has 5 nitrogen and oxygen atoms in total. The van der Waals surface area contributed by atoms with Crippen LogP contribution in [0.15, 0.2) is 36.4 Å². The second kappa shape index (κ2) is 5.69. The van der Waals surface area contributed by atoms with Gasteiger partial charge in [-0.05, 0) is 23.8 Å². The molecule has 0 spiro atoms. The Hall–Kier alpha value is -2.11. The normalized spacial score (nSPS) is 10.2. The van der Waals surface area contributed by atoms with Crippen LogP contribution in [-0.4, -0.2) is 21.2 Å². The van der Waals surface area contributed by atoms with Crippen LogP contribution in [0.1, 0.15) is 15.9 Å². The number of aliphatic hydroxyl groups excluding tert-OH is 1. The van der Waals surface area contributed by atoms with E-state index < -0.39 is 5.97 Å². The van der Waals surface area contributed by atoms with Crippen LogP contribution in [0.5, 0.6) is 11.6 Å². The third-order valence-corrected chi connectivity index (χ3v) is 2.51. The van der Waals surface area contributed by atoms with Gasteiger partial charge in [-0.15, -0.1) is 0 Å². The molecular weight excluding hydrogens is 270 g/mol. The summed E-state index contributed by atoms with van der Waals surface area (Å²) in [5.41, 5.74) is 0.672. The molecule has 2 aromatic rings. The largest absolute Gasteiger partial charge is 0.478 e. The van der Waals surface area contributed by atoms with Crippen molar-refractivity contribution >= 4 is 17.6 Å². The summed E-state index contributed by atoms with van der Waals surface area (Å²) >= 11 is 5.72. The molecule has 98 valence electrons. The highest BCUT2D eigenvalue weighted by molar-refractivity contribution is 6.29. The molecule has 0 aliphatic rings. The average molecular weight is 280 g/mol. The molecule has 0 bridgehead atoms. The molecule has 0 atom stereocenters. The first-order chi connectivity index (χ1) is 9.08. The van der Waals surface area contributed by atoms with Crippen LogP contribution in [0, 0.1) is 0 Å². The van der Waals surface area contributed by atoms with Crippen molar-refractivity contribution in [3.8, 4) is 11.6 Å². The van der Waals surface area contributed by atoms with Gasteiger partial charge in [0.1, 0.15) is 10.9 Å². The van der Waals surface area contributed by atoms with Gasteiger partial charge in [0.05, 0.1) is 12.2 Å². The second-order valence-corrected chi connectivity index (χ2v) is 4.12. The Balaban J connectivity index is 2.29. The average Bonchev–Trinajstić information content (AvgIpc) is 2.38. The van der Waals surface area contributed by atoms with E-state index in [0.29, 0.717) is 11.3 Å². The van der Waals surface area contributed by atoms with Gasteiger partial charge in [0.15, 0.2) is 0 Å². The maximum Gasteiger partial charge on any atom is 0.335 e. The number of benzene rings is 1. The number of hydrogen-bond acceptors (Lipinski definition) is 4. The molecule has 0 unspecified atom stereocenters. The predicted octanol–water partition coefficient (Wildman–Crippen LogP) is 2.72. The van der Waals surface area contributed by atoms with Gasteiger partial charge in [-0.3, -0.25) is 0 Å². The zero-order chi connectivity index (χ0) is 13.8. The Morgan fingerprint density at radius 2 is 2.11 bits per heavy atom. The SMILES string of the molecule is O=C(O)c1cc(Cl)nc(Oc2cccc(CO)c2)c1. The lowest BCUT2D eigenvalue weighted by molar-refractivity contribution is 0.0696. The number of rotatable bonds is 4. The number of pyridine rings is 1. The van der Waals surface area contributed by atoms with Crippen LogP contribution in [0.25, 0.3) is 0 Å². The van der Waals surface area contributed by atoms with Crippen molar-refractivity contribution < 1.29 is 19.7 Å². The van der Waals surface area contributed by atoms with Gasteiger partial charge in [0, 0.05) is 6.07 Å². The first kappa shape index (κ1) is 13.3. The maximum atomic E-state index is 10.9. The van der Waals surface area contributed by atoms with Crippen LogP contribution in [0.2, 0.25) is 5.15 Å². The van der Waals surface area contributed by atoms with Gasteiger partial charge in [-0.1, -0.05) is 23.7 Å². The minimum atomic E-state index is -1.11. The van der Waals surface area contributed by atoms with Crippen LogP contribution in [-0.2, 0) is 6.61 Å². The molecule has 2 rings (SSSR count). The first-order valence-electron chi connectivity index (χ1n) is 5.37. The van der Waals surface area contributed by atoms with Gasteiger partial charge in [0.25, 0.3) is 0 Å². The zero-order valence-electron chi connectivity index (χ0n) is 9.71. The Labute approximate surface area is 114 Å². The summed E-state index contributed by atoms with van der Waals surface area (Å²) in [5.74, 6) is -0.587. The number of halogens is 1. The Morgan fingerprint density at radius 3 is 2.79 bits per heavy atom. The number of aromatic nitrogens is 1. The molecule has 0 amide bonds. The Bertz CT molecular complexity index is 615. The molecule has 6 heteroatoms. The van der Waals surface area contributed by atoms with Gasteiger partial charge in [0.2, 0.25) is 5.88 Å². The van der Waals surface area contributed by atoms with Crippen LogP contribution in [0.4, 0.5) is 0 Å². The van der Waals surface area contributed by atoms with Gasteiger partial charge in [-0.25, -0.2) is 9.78 Å². The smallest absolute Gasteiger partial charge is 0.335 e. The molecule has 0 aliphatic heterocycles. The van der Waals surface area contributed by atoms with Crippen LogP contribution < -0.4 is 4.74 Å². The van der Waals surface area contributed by atoms with Crippen molar-refractivity contribution in [2.75, 3.05) is 0 Å². The minimum absolute atomic E-state index is 0.00619. The highest BCUT2D eigenvalue weighted by atomic mass is 35.5. The highest BCUT2D eigenvalue weighted by Gasteiger charge is 2.09. The number of carboxylic acids is 1. The van der Waals surface area contributed by atoms with Crippen LogP contribution >= 0.6 is 11.6 Å². The van der Waals surface area contributed by atoms with E-state index in [-0.39, 0.29) is 23.2 Å². The third-order valence-electron chi connectivity index (χ3n) is 2.32. The molecule has 0 saturated heterocycles. The molecule has 0 aliphatic carbocycles. The first-order valence-corrected chi connectivity index (χ1v) is 5.75. The maximum absolute atomic E-state index is 10.9. The summed E-state index contributed by atoms with van der Waals surface area (Å²) in [6.45, 7) is -0.111. The molecule has 1 heterocycles. The second-order valence-electron chi connectivity index (χ2n) is 3.73. The van der Waals surface area contributed by atoms with Crippen molar-refractivity contribution in [1.29, 1.82) is 0 Å². The Morgan fingerprint density at radius 1 is 1.32 bits per heavy atom. The van der Waals surface area contributed by atoms with E-state index in [1.165, 1.54) is 12.1 Å². The van der Waals surface area contributed by atoms with Crippen molar-refractivity contribution in [3.05, 3.63) is 52.7 Å². The van der Waals surface area contributed by atoms with Crippen LogP contribution in [0.3, 0.4) is 0 Å². The molecular formula is C13H10ClNO4. The molecule has 0 radical (unpaired) electrons. The van der Waals surface area contributed by atoms with Crippen molar-refractivity contribution in [1.82, 2.24) is 4.98 Å². The standard InChI is InChI=1S/C13H10ClNO4/c14-11-5-9(13(17)18)6-12(15-11)19-10-3-1-2-8(4-10)7-16/h1-6,16H,7H2,(H,17,18).